The Morgan fingerprint density at radius 3 is 2.63 bits per heavy atom. The van der Waals surface area contributed by atoms with E-state index in [0.29, 0.717) is 23.9 Å². The van der Waals surface area contributed by atoms with Crippen LogP contribution in [0.2, 0.25) is 0 Å². The zero-order valence-electron chi connectivity index (χ0n) is 10.6. The SMILES string of the molecule is O=C(O)C1(c2ccc3cc[nH]c3c2F)CCCCC1. The van der Waals surface area contributed by atoms with Crippen LogP contribution in [0.1, 0.15) is 37.7 Å². The number of rotatable bonds is 2. The van der Waals surface area contributed by atoms with Crippen LogP contribution in [0.3, 0.4) is 0 Å². The predicted octanol–water partition coefficient (Wildman–Crippen LogP) is 3.59. The van der Waals surface area contributed by atoms with Gasteiger partial charge in [0.05, 0.1) is 10.9 Å². The highest BCUT2D eigenvalue weighted by Gasteiger charge is 2.43. The number of hydrogen-bond donors (Lipinski definition) is 2. The molecule has 0 atom stereocenters. The maximum absolute atomic E-state index is 14.6. The number of carbonyl (C=O) groups is 1. The van der Waals surface area contributed by atoms with E-state index in [1.165, 1.54) is 0 Å². The standard InChI is InChI=1S/C15H16FNO2/c16-12-11(5-4-10-6-9-17-13(10)12)15(14(18)19)7-2-1-3-8-15/h4-6,9,17H,1-3,7-8H2,(H,18,19). The Morgan fingerprint density at radius 1 is 1.21 bits per heavy atom. The van der Waals surface area contributed by atoms with Crippen LogP contribution in [-0.4, -0.2) is 16.1 Å². The van der Waals surface area contributed by atoms with E-state index < -0.39 is 17.2 Å². The number of H-pyrrole nitrogens is 1. The van der Waals surface area contributed by atoms with Gasteiger partial charge >= 0.3 is 5.97 Å². The van der Waals surface area contributed by atoms with Gasteiger partial charge in [-0.15, -0.1) is 0 Å². The molecule has 3 rings (SSSR count). The molecule has 0 saturated heterocycles. The van der Waals surface area contributed by atoms with E-state index in [2.05, 4.69) is 4.98 Å². The number of fused-ring (bicyclic) bond motifs is 1. The molecule has 2 N–H and O–H groups in total. The Balaban J connectivity index is 2.19. The van der Waals surface area contributed by atoms with Crippen molar-refractivity contribution in [2.24, 2.45) is 0 Å². The summed E-state index contributed by atoms with van der Waals surface area (Å²) in [4.78, 5) is 14.6. The lowest BCUT2D eigenvalue weighted by Gasteiger charge is -2.33. The molecule has 19 heavy (non-hydrogen) atoms. The number of hydrogen-bond acceptors (Lipinski definition) is 1. The molecule has 2 aromatic rings. The van der Waals surface area contributed by atoms with Crippen molar-refractivity contribution >= 4 is 16.9 Å². The summed E-state index contributed by atoms with van der Waals surface area (Å²) in [5.41, 5.74) is -0.319. The van der Waals surface area contributed by atoms with E-state index in [-0.39, 0.29) is 0 Å². The second-order valence-corrected chi connectivity index (χ2v) is 5.32. The van der Waals surface area contributed by atoms with Crippen LogP contribution < -0.4 is 0 Å². The third-order valence-corrected chi connectivity index (χ3v) is 4.30. The van der Waals surface area contributed by atoms with Gasteiger partial charge in [-0.2, -0.15) is 0 Å². The fourth-order valence-corrected chi connectivity index (χ4v) is 3.21. The first-order valence-corrected chi connectivity index (χ1v) is 6.65. The van der Waals surface area contributed by atoms with Crippen molar-refractivity contribution in [2.75, 3.05) is 0 Å². The molecule has 1 aliphatic rings. The Labute approximate surface area is 110 Å². The van der Waals surface area contributed by atoms with Crippen LogP contribution in [-0.2, 0) is 10.2 Å². The molecular weight excluding hydrogens is 245 g/mol. The maximum Gasteiger partial charge on any atom is 0.314 e. The first-order valence-electron chi connectivity index (χ1n) is 6.65. The largest absolute Gasteiger partial charge is 0.481 e. The monoisotopic (exact) mass is 261 g/mol. The Bertz CT molecular complexity index is 626. The first-order chi connectivity index (χ1) is 9.15. The van der Waals surface area contributed by atoms with Crippen molar-refractivity contribution in [1.29, 1.82) is 0 Å². The molecule has 0 unspecified atom stereocenters. The lowest BCUT2D eigenvalue weighted by atomic mass is 9.69. The van der Waals surface area contributed by atoms with Gasteiger partial charge in [-0.1, -0.05) is 31.4 Å². The van der Waals surface area contributed by atoms with Gasteiger partial charge in [0.2, 0.25) is 0 Å². The van der Waals surface area contributed by atoms with E-state index in [1.807, 2.05) is 0 Å². The summed E-state index contributed by atoms with van der Waals surface area (Å²) >= 11 is 0. The predicted molar refractivity (Wildman–Crippen MR) is 70.7 cm³/mol. The summed E-state index contributed by atoms with van der Waals surface area (Å²) in [6.07, 6.45) is 5.42. The summed E-state index contributed by atoms with van der Waals surface area (Å²) in [5, 5.41) is 10.4. The molecule has 1 heterocycles. The number of benzene rings is 1. The Morgan fingerprint density at radius 2 is 1.95 bits per heavy atom. The van der Waals surface area contributed by atoms with E-state index in [9.17, 15) is 14.3 Å². The van der Waals surface area contributed by atoms with Crippen molar-refractivity contribution in [2.45, 2.75) is 37.5 Å². The number of carboxylic acids is 1. The number of carboxylic acid groups (broad SMARTS) is 1. The second kappa shape index (κ2) is 4.37. The molecule has 0 amide bonds. The number of aliphatic carboxylic acids is 1. The van der Waals surface area contributed by atoms with Crippen molar-refractivity contribution in [1.82, 2.24) is 4.98 Å². The van der Waals surface area contributed by atoms with E-state index in [1.54, 1.807) is 24.4 Å². The van der Waals surface area contributed by atoms with Gasteiger partial charge in [0.25, 0.3) is 0 Å². The van der Waals surface area contributed by atoms with Crippen molar-refractivity contribution in [3.05, 3.63) is 35.8 Å². The Kier molecular flexibility index (Phi) is 2.81. The van der Waals surface area contributed by atoms with Crippen LogP contribution in [0.5, 0.6) is 0 Å². The highest BCUT2D eigenvalue weighted by atomic mass is 19.1. The molecule has 0 spiro atoms. The van der Waals surface area contributed by atoms with Gasteiger partial charge in [-0.3, -0.25) is 4.79 Å². The van der Waals surface area contributed by atoms with Crippen molar-refractivity contribution < 1.29 is 14.3 Å². The molecule has 1 aromatic carbocycles. The zero-order chi connectivity index (χ0) is 13.5. The van der Waals surface area contributed by atoms with Crippen LogP contribution in [0.25, 0.3) is 10.9 Å². The van der Waals surface area contributed by atoms with E-state index >= 15 is 0 Å². The third-order valence-electron chi connectivity index (χ3n) is 4.30. The topological polar surface area (TPSA) is 53.1 Å². The summed E-state index contributed by atoms with van der Waals surface area (Å²) < 4.78 is 14.6. The van der Waals surface area contributed by atoms with Crippen molar-refractivity contribution in [3.8, 4) is 0 Å². The van der Waals surface area contributed by atoms with Gasteiger partial charge in [-0.05, 0) is 18.9 Å². The van der Waals surface area contributed by atoms with Gasteiger partial charge in [0, 0.05) is 17.1 Å². The fourth-order valence-electron chi connectivity index (χ4n) is 3.21. The summed E-state index contributed by atoms with van der Waals surface area (Å²) in [5.74, 6) is -1.32. The minimum absolute atomic E-state index is 0.328. The van der Waals surface area contributed by atoms with Gasteiger partial charge in [0.1, 0.15) is 0 Å². The molecule has 1 aromatic heterocycles. The Hall–Kier alpha value is -1.84. The van der Waals surface area contributed by atoms with Crippen molar-refractivity contribution in [3.63, 3.8) is 0 Å². The molecule has 1 saturated carbocycles. The van der Waals surface area contributed by atoms with Gasteiger partial charge in [-0.25, -0.2) is 4.39 Å². The fraction of sp³-hybridized carbons (Fsp3) is 0.400. The average molecular weight is 261 g/mol. The highest BCUT2D eigenvalue weighted by molar-refractivity contribution is 5.86. The van der Waals surface area contributed by atoms with Crippen LogP contribution in [0.4, 0.5) is 4.39 Å². The average Bonchev–Trinajstić information content (AvgIpc) is 2.89. The minimum atomic E-state index is -1.05. The molecule has 100 valence electrons. The molecule has 4 heteroatoms. The quantitative estimate of drug-likeness (QED) is 0.868. The smallest absolute Gasteiger partial charge is 0.314 e. The number of nitrogens with one attached hydrogen (secondary N) is 1. The third kappa shape index (κ3) is 1.74. The van der Waals surface area contributed by atoms with Crippen LogP contribution in [0, 0.1) is 5.82 Å². The molecule has 0 aliphatic heterocycles. The highest BCUT2D eigenvalue weighted by Crippen LogP contribution is 2.42. The number of aromatic amines is 1. The summed E-state index contributed by atoms with van der Waals surface area (Å²) in [6.45, 7) is 0. The lowest BCUT2D eigenvalue weighted by molar-refractivity contribution is -0.145. The number of aromatic nitrogens is 1. The second-order valence-electron chi connectivity index (χ2n) is 5.32. The zero-order valence-corrected chi connectivity index (χ0v) is 10.6. The summed E-state index contributed by atoms with van der Waals surface area (Å²) in [6, 6.07) is 5.23. The first kappa shape index (κ1) is 12.2. The maximum atomic E-state index is 14.6. The molecule has 0 bridgehead atoms. The van der Waals surface area contributed by atoms with Crippen LogP contribution in [0.15, 0.2) is 24.4 Å². The normalized spacial score (nSPS) is 18.6. The lowest BCUT2D eigenvalue weighted by Crippen LogP contribution is -2.38. The van der Waals surface area contributed by atoms with Crippen LogP contribution >= 0.6 is 0 Å². The van der Waals surface area contributed by atoms with E-state index in [4.69, 9.17) is 0 Å². The molecule has 1 aliphatic carbocycles. The molecular formula is C15H16FNO2. The van der Waals surface area contributed by atoms with Gasteiger partial charge < -0.3 is 10.1 Å². The molecule has 3 nitrogen and oxygen atoms in total. The minimum Gasteiger partial charge on any atom is -0.481 e. The van der Waals surface area contributed by atoms with E-state index in [0.717, 1.165) is 24.6 Å². The van der Waals surface area contributed by atoms with Gasteiger partial charge in [0.15, 0.2) is 5.82 Å². The molecule has 1 fully saturated rings. The molecule has 0 radical (unpaired) electrons. The summed E-state index contributed by atoms with van der Waals surface area (Å²) in [7, 11) is 0. The number of halogens is 1.